The Balaban J connectivity index is 1.56. The van der Waals surface area contributed by atoms with E-state index >= 15 is 0 Å². The molecule has 0 bridgehead atoms. The number of amides is 3. The molecule has 1 atom stereocenters. The first-order chi connectivity index (χ1) is 11.6. The minimum atomic E-state index is -0.792. The number of ether oxygens (including phenoxy) is 1. The van der Waals surface area contributed by atoms with Crippen LogP contribution in [-0.2, 0) is 14.3 Å². The number of rotatable bonds is 5. The van der Waals surface area contributed by atoms with Crippen LogP contribution < -0.4 is 16.0 Å². The van der Waals surface area contributed by atoms with Crippen LogP contribution >= 0.6 is 0 Å². The molecule has 3 rings (SSSR count). The molecule has 1 aromatic rings. The fraction of sp³-hybridized carbons (Fsp3) is 0.471. The van der Waals surface area contributed by atoms with Crippen LogP contribution in [0.2, 0.25) is 0 Å². The van der Waals surface area contributed by atoms with Gasteiger partial charge >= 0.3 is 11.8 Å². The normalized spacial score (nSPS) is 19.6. The summed E-state index contributed by atoms with van der Waals surface area (Å²) in [5.74, 6) is -1.77. The molecule has 1 heterocycles. The maximum absolute atomic E-state index is 12.2. The van der Waals surface area contributed by atoms with Crippen LogP contribution in [0.25, 0.3) is 0 Å². The average Bonchev–Trinajstić information content (AvgIpc) is 3.24. The molecule has 2 aliphatic rings. The molecule has 0 unspecified atom stereocenters. The van der Waals surface area contributed by atoms with Gasteiger partial charge in [-0.1, -0.05) is 12.1 Å². The third-order valence-electron chi connectivity index (χ3n) is 4.05. The van der Waals surface area contributed by atoms with Crippen molar-refractivity contribution in [3.63, 3.8) is 0 Å². The predicted octanol–water partition coefficient (Wildman–Crippen LogP) is 0.812. The highest BCUT2D eigenvalue weighted by Gasteiger charge is 2.25. The molecular weight excluding hydrogens is 310 g/mol. The van der Waals surface area contributed by atoms with E-state index in [2.05, 4.69) is 16.0 Å². The van der Waals surface area contributed by atoms with Crippen molar-refractivity contribution in [3.8, 4) is 0 Å². The fourth-order valence-corrected chi connectivity index (χ4v) is 2.55. The summed E-state index contributed by atoms with van der Waals surface area (Å²) in [5, 5.41) is 7.93. The van der Waals surface area contributed by atoms with E-state index in [4.69, 9.17) is 4.74 Å². The second-order valence-electron chi connectivity index (χ2n) is 6.09. The van der Waals surface area contributed by atoms with Crippen molar-refractivity contribution < 1.29 is 19.1 Å². The third kappa shape index (κ3) is 4.32. The maximum atomic E-state index is 12.2. The van der Waals surface area contributed by atoms with Crippen molar-refractivity contribution in [3.05, 3.63) is 29.8 Å². The quantitative estimate of drug-likeness (QED) is 0.696. The van der Waals surface area contributed by atoms with Gasteiger partial charge in [-0.25, -0.2) is 0 Å². The van der Waals surface area contributed by atoms with Gasteiger partial charge in [0.2, 0.25) is 0 Å². The number of hydrogen-bond acceptors (Lipinski definition) is 4. The van der Waals surface area contributed by atoms with Gasteiger partial charge in [0.15, 0.2) is 0 Å². The van der Waals surface area contributed by atoms with Crippen LogP contribution in [0.15, 0.2) is 24.3 Å². The molecule has 1 aliphatic carbocycles. The Hall–Kier alpha value is -2.41. The molecule has 3 N–H and O–H groups in total. The molecule has 1 aromatic carbocycles. The zero-order chi connectivity index (χ0) is 16.9. The lowest BCUT2D eigenvalue weighted by Gasteiger charge is -2.12. The molecular formula is C17H21N3O4. The molecule has 7 heteroatoms. The first-order valence-corrected chi connectivity index (χ1v) is 8.24. The smallest absolute Gasteiger partial charge is 0.313 e. The lowest BCUT2D eigenvalue weighted by atomic mass is 10.1. The molecule has 2 fully saturated rings. The number of hydrogen-bond donors (Lipinski definition) is 3. The zero-order valence-corrected chi connectivity index (χ0v) is 13.3. The van der Waals surface area contributed by atoms with Crippen molar-refractivity contribution >= 4 is 23.4 Å². The topological polar surface area (TPSA) is 96.5 Å². The maximum Gasteiger partial charge on any atom is 0.313 e. The highest BCUT2D eigenvalue weighted by Crippen LogP contribution is 2.21. The third-order valence-corrected chi connectivity index (χ3v) is 4.05. The summed E-state index contributed by atoms with van der Waals surface area (Å²) in [5.41, 5.74) is 0.678. The van der Waals surface area contributed by atoms with Gasteiger partial charge in [-0.2, -0.15) is 0 Å². The number of para-hydroxylation sites is 1. The van der Waals surface area contributed by atoms with Gasteiger partial charge in [-0.15, -0.1) is 0 Å². The fourth-order valence-electron chi connectivity index (χ4n) is 2.55. The minimum absolute atomic E-state index is 0.0293. The molecule has 0 spiro atoms. The molecule has 0 aromatic heterocycles. The van der Waals surface area contributed by atoms with E-state index in [0.717, 1.165) is 25.7 Å². The van der Waals surface area contributed by atoms with E-state index in [1.807, 2.05) is 0 Å². The van der Waals surface area contributed by atoms with Gasteiger partial charge in [0.1, 0.15) is 0 Å². The van der Waals surface area contributed by atoms with E-state index in [9.17, 15) is 14.4 Å². The molecule has 1 aliphatic heterocycles. The van der Waals surface area contributed by atoms with Crippen LogP contribution in [0.4, 0.5) is 5.69 Å². The minimum Gasteiger partial charge on any atom is -0.376 e. The van der Waals surface area contributed by atoms with E-state index in [1.54, 1.807) is 24.3 Å². The van der Waals surface area contributed by atoms with Crippen molar-refractivity contribution in [2.45, 2.75) is 37.8 Å². The Bertz CT molecular complexity index is 636. The number of carbonyl (C=O) groups is 3. The standard InChI is InChI=1S/C17H21N3O4/c21-15(19-11-7-8-11)13-5-1-2-6-14(13)20-17(23)16(22)18-10-12-4-3-9-24-12/h1-2,5-6,11-12H,3-4,7-10H2,(H,18,22)(H,19,21)(H,20,23)/t12-/m1/s1. The van der Waals surface area contributed by atoms with Crippen LogP contribution in [0.3, 0.4) is 0 Å². The largest absolute Gasteiger partial charge is 0.376 e. The van der Waals surface area contributed by atoms with Crippen molar-refractivity contribution in [2.24, 2.45) is 0 Å². The Morgan fingerprint density at radius 1 is 1.08 bits per heavy atom. The van der Waals surface area contributed by atoms with Gasteiger partial charge in [0.05, 0.1) is 17.4 Å². The number of carbonyl (C=O) groups excluding carboxylic acids is 3. The highest BCUT2D eigenvalue weighted by atomic mass is 16.5. The average molecular weight is 331 g/mol. The van der Waals surface area contributed by atoms with E-state index in [0.29, 0.717) is 24.4 Å². The van der Waals surface area contributed by atoms with Crippen molar-refractivity contribution in [2.75, 3.05) is 18.5 Å². The Morgan fingerprint density at radius 3 is 2.58 bits per heavy atom. The van der Waals surface area contributed by atoms with Gasteiger partial charge in [0, 0.05) is 19.2 Å². The van der Waals surface area contributed by atoms with Crippen LogP contribution in [-0.4, -0.2) is 43.0 Å². The molecule has 128 valence electrons. The Morgan fingerprint density at radius 2 is 1.88 bits per heavy atom. The van der Waals surface area contributed by atoms with Gasteiger partial charge < -0.3 is 20.7 Å². The molecule has 1 saturated carbocycles. The van der Waals surface area contributed by atoms with E-state index in [1.165, 1.54) is 0 Å². The second-order valence-corrected chi connectivity index (χ2v) is 6.09. The summed E-state index contributed by atoms with van der Waals surface area (Å²) in [4.78, 5) is 36.1. The molecule has 3 amide bonds. The van der Waals surface area contributed by atoms with E-state index in [-0.39, 0.29) is 18.1 Å². The monoisotopic (exact) mass is 331 g/mol. The SMILES string of the molecule is O=C(NC[C@H]1CCCO1)C(=O)Nc1ccccc1C(=O)NC1CC1. The summed E-state index contributed by atoms with van der Waals surface area (Å²) in [7, 11) is 0. The van der Waals surface area contributed by atoms with Crippen LogP contribution in [0.5, 0.6) is 0 Å². The van der Waals surface area contributed by atoms with Gasteiger partial charge in [0.25, 0.3) is 5.91 Å². The predicted molar refractivity (Wildman–Crippen MR) is 87.5 cm³/mol. The van der Waals surface area contributed by atoms with Crippen molar-refractivity contribution in [1.82, 2.24) is 10.6 Å². The Labute approximate surface area is 140 Å². The Kier molecular flexibility index (Phi) is 5.10. The highest BCUT2D eigenvalue weighted by molar-refractivity contribution is 6.40. The van der Waals surface area contributed by atoms with E-state index < -0.39 is 11.8 Å². The zero-order valence-electron chi connectivity index (χ0n) is 13.3. The van der Waals surface area contributed by atoms with Crippen LogP contribution in [0, 0.1) is 0 Å². The summed E-state index contributed by atoms with van der Waals surface area (Å²) in [6.07, 6.45) is 3.78. The first-order valence-electron chi connectivity index (χ1n) is 8.24. The van der Waals surface area contributed by atoms with Crippen molar-refractivity contribution in [1.29, 1.82) is 0 Å². The lowest BCUT2D eigenvalue weighted by Crippen LogP contribution is -2.39. The number of anilines is 1. The second kappa shape index (κ2) is 7.44. The first kappa shape index (κ1) is 16.4. The summed E-state index contributed by atoms with van der Waals surface area (Å²) in [6.45, 7) is 1.01. The molecule has 1 saturated heterocycles. The molecule has 24 heavy (non-hydrogen) atoms. The summed E-state index contributed by atoms with van der Waals surface area (Å²) >= 11 is 0. The lowest BCUT2D eigenvalue weighted by molar-refractivity contribution is -0.136. The molecule has 0 radical (unpaired) electrons. The van der Waals surface area contributed by atoms with Gasteiger partial charge in [-0.3, -0.25) is 14.4 Å². The number of nitrogens with one attached hydrogen (secondary N) is 3. The molecule has 7 nitrogen and oxygen atoms in total. The van der Waals surface area contributed by atoms with Gasteiger partial charge in [-0.05, 0) is 37.8 Å². The summed E-state index contributed by atoms with van der Waals surface area (Å²) in [6, 6.07) is 6.86. The van der Waals surface area contributed by atoms with Crippen LogP contribution in [0.1, 0.15) is 36.0 Å². The summed E-state index contributed by atoms with van der Waals surface area (Å²) < 4.78 is 5.40. The number of benzene rings is 1.